The van der Waals surface area contributed by atoms with Gasteiger partial charge in [-0.05, 0) is 18.6 Å². The first kappa shape index (κ1) is 16.2. The van der Waals surface area contributed by atoms with Crippen LogP contribution in [-0.2, 0) is 0 Å². The number of carbonyl (C=O) groups is 1. The summed E-state index contributed by atoms with van der Waals surface area (Å²) in [4.78, 5) is 17.9. The van der Waals surface area contributed by atoms with Crippen molar-refractivity contribution in [3.05, 3.63) is 29.6 Å². The topological polar surface area (TPSA) is 73.7 Å². The first-order valence-electron chi connectivity index (χ1n) is 6.68. The highest BCUT2D eigenvalue weighted by molar-refractivity contribution is 5.92. The van der Waals surface area contributed by atoms with E-state index in [0.29, 0.717) is 30.8 Å². The molecule has 0 aliphatic rings. The summed E-state index contributed by atoms with van der Waals surface area (Å²) in [6, 6.07) is 3.36. The molecule has 0 bridgehead atoms. The second kappa shape index (κ2) is 9.08. The van der Waals surface area contributed by atoms with Gasteiger partial charge in [0.25, 0.3) is 5.91 Å². The quantitative estimate of drug-likeness (QED) is 0.749. The summed E-state index contributed by atoms with van der Waals surface area (Å²) in [7, 11) is 0. The molecule has 0 atom stereocenters. The molecule has 20 heavy (non-hydrogen) atoms. The highest BCUT2D eigenvalue weighted by Crippen LogP contribution is 2.04. The van der Waals surface area contributed by atoms with Gasteiger partial charge >= 0.3 is 0 Å². The van der Waals surface area contributed by atoms with E-state index in [1.54, 1.807) is 23.2 Å². The Morgan fingerprint density at radius 1 is 1.30 bits per heavy atom. The maximum absolute atomic E-state index is 12.2. The van der Waals surface area contributed by atoms with E-state index in [1.807, 2.05) is 6.92 Å². The molecule has 0 aliphatic carbocycles. The fourth-order valence-electron chi connectivity index (χ4n) is 1.68. The molecule has 0 aliphatic heterocycles. The van der Waals surface area contributed by atoms with Crippen molar-refractivity contribution >= 4 is 5.91 Å². The van der Waals surface area contributed by atoms with Gasteiger partial charge in [-0.15, -0.1) is 0 Å². The molecule has 0 radical (unpaired) electrons. The first-order chi connectivity index (χ1) is 9.72. The van der Waals surface area contributed by atoms with E-state index >= 15 is 0 Å². The molecular formula is C15H20N2O3. The van der Waals surface area contributed by atoms with Crippen molar-refractivity contribution in [2.24, 2.45) is 0 Å². The zero-order chi connectivity index (χ0) is 14.8. The molecule has 0 spiro atoms. The molecule has 1 aromatic rings. The normalized spacial score (nSPS) is 9.75. The predicted molar refractivity (Wildman–Crippen MR) is 76.1 cm³/mol. The van der Waals surface area contributed by atoms with Gasteiger partial charge in [-0.3, -0.25) is 4.79 Å². The van der Waals surface area contributed by atoms with Crippen LogP contribution in [0.2, 0.25) is 0 Å². The van der Waals surface area contributed by atoms with E-state index in [9.17, 15) is 4.79 Å². The van der Waals surface area contributed by atoms with Gasteiger partial charge in [0.2, 0.25) is 0 Å². The number of hydrogen-bond acceptors (Lipinski definition) is 4. The Morgan fingerprint density at radius 2 is 2.10 bits per heavy atom. The summed E-state index contributed by atoms with van der Waals surface area (Å²) in [6.07, 6.45) is 2.79. The molecule has 5 nitrogen and oxygen atoms in total. The van der Waals surface area contributed by atoms with Crippen molar-refractivity contribution < 1.29 is 15.0 Å². The summed E-state index contributed by atoms with van der Waals surface area (Å²) in [5, 5.41) is 17.6. The number of pyridine rings is 1. The van der Waals surface area contributed by atoms with E-state index in [2.05, 4.69) is 16.8 Å². The van der Waals surface area contributed by atoms with Gasteiger partial charge in [-0.1, -0.05) is 18.8 Å². The van der Waals surface area contributed by atoms with Crippen molar-refractivity contribution in [2.75, 3.05) is 26.3 Å². The van der Waals surface area contributed by atoms with Crippen molar-refractivity contribution in [2.45, 2.75) is 19.8 Å². The van der Waals surface area contributed by atoms with Gasteiger partial charge in [0.05, 0.1) is 13.2 Å². The molecule has 0 saturated carbocycles. The lowest BCUT2D eigenvalue weighted by Gasteiger charge is -2.20. The Bertz CT molecular complexity index is 468. The summed E-state index contributed by atoms with van der Waals surface area (Å²) in [5.41, 5.74) is 1.05. The van der Waals surface area contributed by atoms with E-state index in [4.69, 9.17) is 10.2 Å². The number of aliphatic hydroxyl groups excluding tert-OH is 2. The number of rotatable bonds is 6. The van der Waals surface area contributed by atoms with Crippen LogP contribution >= 0.6 is 0 Å². The molecule has 1 rings (SSSR count). The van der Waals surface area contributed by atoms with E-state index in [1.165, 1.54) is 0 Å². The van der Waals surface area contributed by atoms with Crippen LogP contribution in [0.1, 0.15) is 35.8 Å². The van der Waals surface area contributed by atoms with Gasteiger partial charge in [0.15, 0.2) is 0 Å². The average Bonchev–Trinajstić information content (AvgIpc) is 2.47. The third-order valence-corrected chi connectivity index (χ3v) is 2.60. The van der Waals surface area contributed by atoms with Gasteiger partial charge in [0.1, 0.15) is 5.69 Å². The maximum Gasteiger partial charge on any atom is 0.272 e. The number of amides is 1. The van der Waals surface area contributed by atoms with Gasteiger partial charge in [0, 0.05) is 31.3 Å². The largest absolute Gasteiger partial charge is 0.395 e. The van der Waals surface area contributed by atoms with E-state index in [-0.39, 0.29) is 19.1 Å². The Morgan fingerprint density at radius 3 is 2.65 bits per heavy atom. The maximum atomic E-state index is 12.2. The zero-order valence-electron chi connectivity index (χ0n) is 11.7. The van der Waals surface area contributed by atoms with E-state index in [0.717, 1.165) is 6.42 Å². The molecule has 108 valence electrons. The van der Waals surface area contributed by atoms with Crippen LogP contribution in [-0.4, -0.2) is 52.3 Å². The summed E-state index contributed by atoms with van der Waals surface area (Å²) < 4.78 is 0. The number of carbonyl (C=O) groups excluding carboxylic acids is 1. The average molecular weight is 276 g/mol. The Hall–Kier alpha value is -1.90. The third kappa shape index (κ3) is 5.00. The molecule has 1 heterocycles. The fourth-order valence-corrected chi connectivity index (χ4v) is 1.68. The van der Waals surface area contributed by atoms with Crippen molar-refractivity contribution in [1.82, 2.24) is 9.88 Å². The van der Waals surface area contributed by atoms with Crippen LogP contribution in [0.4, 0.5) is 0 Å². The lowest BCUT2D eigenvalue weighted by molar-refractivity contribution is 0.0716. The smallest absolute Gasteiger partial charge is 0.272 e. The molecular weight excluding hydrogens is 256 g/mol. The molecule has 1 amide bonds. The second-order valence-corrected chi connectivity index (χ2v) is 4.22. The predicted octanol–water partition coefficient (Wildman–Crippen LogP) is 0.660. The first-order valence-corrected chi connectivity index (χ1v) is 6.68. The number of hydrogen-bond donors (Lipinski definition) is 2. The molecule has 0 fully saturated rings. The van der Waals surface area contributed by atoms with Crippen molar-refractivity contribution in [3.8, 4) is 11.8 Å². The monoisotopic (exact) mass is 276 g/mol. The fraction of sp³-hybridized carbons (Fsp3) is 0.467. The van der Waals surface area contributed by atoms with Crippen LogP contribution in [0, 0.1) is 11.8 Å². The molecule has 5 heteroatoms. The van der Waals surface area contributed by atoms with Gasteiger partial charge in [-0.2, -0.15) is 0 Å². The van der Waals surface area contributed by atoms with Crippen LogP contribution < -0.4 is 0 Å². The minimum Gasteiger partial charge on any atom is -0.395 e. The lowest BCUT2D eigenvalue weighted by Crippen LogP contribution is -2.34. The number of aromatic nitrogens is 1. The lowest BCUT2D eigenvalue weighted by atomic mass is 10.2. The minimum atomic E-state index is -0.184. The highest BCUT2D eigenvalue weighted by atomic mass is 16.3. The summed E-state index contributed by atoms with van der Waals surface area (Å²) >= 11 is 0. The highest BCUT2D eigenvalue weighted by Gasteiger charge is 2.15. The van der Waals surface area contributed by atoms with Gasteiger partial charge < -0.3 is 15.1 Å². The van der Waals surface area contributed by atoms with E-state index < -0.39 is 0 Å². The van der Waals surface area contributed by atoms with Crippen molar-refractivity contribution in [1.29, 1.82) is 0 Å². The number of aliphatic hydroxyl groups is 2. The molecule has 0 saturated heterocycles. The van der Waals surface area contributed by atoms with Crippen LogP contribution in [0.5, 0.6) is 0 Å². The Kier molecular flexibility index (Phi) is 7.33. The second-order valence-electron chi connectivity index (χ2n) is 4.22. The summed E-state index contributed by atoms with van der Waals surface area (Å²) in [5.74, 6) is 5.46. The van der Waals surface area contributed by atoms with Crippen LogP contribution in [0.15, 0.2) is 18.3 Å². The van der Waals surface area contributed by atoms with Gasteiger partial charge in [-0.25, -0.2) is 4.98 Å². The third-order valence-electron chi connectivity index (χ3n) is 2.60. The molecule has 1 aromatic heterocycles. The zero-order valence-corrected chi connectivity index (χ0v) is 11.7. The van der Waals surface area contributed by atoms with Crippen LogP contribution in [0.3, 0.4) is 0 Å². The Balaban J connectivity index is 2.76. The SMILES string of the molecule is CCCN(CCO)C(=O)c1ccc(C#CCCO)cn1. The minimum absolute atomic E-state index is 0.0319. The molecule has 0 unspecified atom stereocenters. The Labute approximate surface area is 119 Å². The number of nitrogens with zero attached hydrogens (tertiary/aromatic N) is 2. The summed E-state index contributed by atoms with van der Waals surface area (Å²) in [6.45, 7) is 2.86. The van der Waals surface area contributed by atoms with Crippen molar-refractivity contribution in [3.63, 3.8) is 0 Å². The molecule has 2 N–H and O–H groups in total. The molecule has 0 aromatic carbocycles. The van der Waals surface area contributed by atoms with Crippen LogP contribution in [0.25, 0.3) is 0 Å². The standard InChI is InChI=1S/C15H20N2O3/c1-2-8-17(9-11-19)15(20)14-7-6-13(12-16-14)5-3-4-10-18/h6-7,12,18-19H,2,4,8-11H2,1H3.